The molecule has 0 radical (unpaired) electrons. The maximum absolute atomic E-state index is 12.5. The van der Waals surface area contributed by atoms with Crippen molar-refractivity contribution in [2.75, 3.05) is 6.61 Å². The first-order valence-electron chi connectivity index (χ1n) is 11.1. The maximum atomic E-state index is 12.5. The van der Waals surface area contributed by atoms with E-state index in [4.69, 9.17) is 9.15 Å². The monoisotopic (exact) mass is 457 g/mol. The number of phenolic OH excluding ortho intramolecular Hbond substituents is 1. The molecule has 1 aromatic heterocycles. The van der Waals surface area contributed by atoms with Crippen molar-refractivity contribution in [3.8, 4) is 22.8 Å². The minimum Gasteiger partial charge on any atom is -0.507 e. The molecule has 0 bridgehead atoms. The molecule has 2 N–H and O–H groups in total. The number of ether oxygens (including phenoxy) is 1. The van der Waals surface area contributed by atoms with Crippen molar-refractivity contribution < 1.29 is 19.1 Å². The highest BCUT2D eigenvalue weighted by atomic mass is 16.5. The van der Waals surface area contributed by atoms with Crippen molar-refractivity contribution in [1.29, 1.82) is 0 Å². The van der Waals surface area contributed by atoms with Gasteiger partial charge in [-0.05, 0) is 16.5 Å². The summed E-state index contributed by atoms with van der Waals surface area (Å²) >= 11 is 0. The number of rotatable bonds is 6. The molecule has 0 aliphatic rings. The molecule has 0 saturated heterocycles. The van der Waals surface area contributed by atoms with Crippen molar-refractivity contribution in [2.45, 2.75) is 32.7 Å². The van der Waals surface area contributed by atoms with Crippen LogP contribution in [0.5, 0.6) is 11.5 Å². The van der Waals surface area contributed by atoms with Gasteiger partial charge in [0.1, 0.15) is 28.2 Å². The molecule has 1 heterocycles. The van der Waals surface area contributed by atoms with Gasteiger partial charge in [0.15, 0.2) is 12.0 Å². The largest absolute Gasteiger partial charge is 0.507 e. The second kappa shape index (κ2) is 9.43. The van der Waals surface area contributed by atoms with Gasteiger partial charge >= 0.3 is 0 Å². The Kier molecular flexibility index (Phi) is 6.41. The lowest BCUT2D eigenvalue weighted by Gasteiger charge is -2.19. The number of carbonyl (C=O) groups is 1. The Hall–Kier alpha value is -4.06. The van der Waals surface area contributed by atoms with E-state index in [-0.39, 0.29) is 45.8 Å². The van der Waals surface area contributed by atoms with Gasteiger partial charge in [0, 0.05) is 30.3 Å². The molecule has 3 aromatic carbocycles. The van der Waals surface area contributed by atoms with Crippen LogP contribution in [0.3, 0.4) is 0 Å². The zero-order chi connectivity index (χ0) is 24.3. The third-order valence-electron chi connectivity index (χ3n) is 5.52. The standard InChI is InChI=1S/C28H27NO5/c1-28(2,3)20-11-9-18(10-12-20)16-29-26(32)17-33-21-13-22(30)27-23(31)15-24(34-25(27)14-21)19-7-5-4-6-8-19/h4-15,30H,16-17H2,1-3H3,(H,29,32). The molecule has 0 unspecified atom stereocenters. The molecule has 0 aliphatic heterocycles. The highest BCUT2D eigenvalue weighted by Gasteiger charge is 2.15. The van der Waals surface area contributed by atoms with Gasteiger partial charge < -0.3 is 19.6 Å². The summed E-state index contributed by atoms with van der Waals surface area (Å²) in [7, 11) is 0. The smallest absolute Gasteiger partial charge is 0.258 e. The minimum absolute atomic E-state index is 0.0650. The molecule has 4 aromatic rings. The summed E-state index contributed by atoms with van der Waals surface area (Å²) in [6.45, 7) is 6.59. The number of amides is 1. The topological polar surface area (TPSA) is 88.8 Å². The Bertz CT molecular complexity index is 1370. The van der Waals surface area contributed by atoms with E-state index in [1.54, 1.807) is 0 Å². The van der Waals surface area contributed by atoms with E-state index in [0.29, 0.717) is 12.3 Å². The molecule has 0 atom stereocenters. The average molecular weight is 458 g/mol. The normalized spacial score (nSPS) is 11.4. The van der Waals surface area contributed by atoms with Gasteiger partial charge in [-0.25, -0.2) is 0 Å². The molecule has 4 rings (SSSR count). The Morgan fingerprint density at radius 3 is 2.38 bits per heavy atom. The summed E-state index contributed by atoms with van der Waals surface area (Å²) in [5, 5.41) is 13.2. The van der Waals surface area contributed by atoms with Gasteiger partial charge in [0.05, 0.1) is 0 Å². The van der Waals surface area contributed by atoms with Crippen LogP contribution in [0.15, 0.2) is 82.0 Å². The Balaban J connectivity index is 1.43. The molecule has 6 nitrogen and oxygen atoms in total. The molecule has 0 aliphatic carbocycles. The van der Waals surface area contributed by atoms with E-state index in [9.17, 15) is 14.7 Å². The molecule has 0 spiro atoms. The van der Waals surface area contributed by atoms with Crippen LogP contribution in [0.2, 0.25) is 0 Å². The van der Waals surface area contributed by atoms with E-state index < -0.39 is 0 Å². The van der Waals surface area contributed by atoms with Crippen molar-refractivity contribution in [2.24, 2.45) is 0 Å². The van der Waals surface area contributed by atoms with Gasteiger partial charge in [-0.3, -0.25) is 9.59 Å². The van der Waals surface area contributed by atoms with Gasteiger partial charge in [-0.2, -0.15) is 0 Å². The Morgan fingerprint density at radius 2 is 1.71 bits per heavy atom. The predicted molar refractivity (Wildman–Crippen MR) is 132 cm³/mol. The van der Waals surface area contributed by atoms with E-state index in [1.807, 2.05) is 42.5 Å². The van der Waals surface area contributed by atoms with Crippen molar-refractivity contribution in [3.05, 3.63) is 94.1 Å². The van der Waals surface area contributed by atoms with E-state index in [1.165, 1.54) is 23.8 Å². The van der Waals surface area contributed by atoms with Crippen molar-refractivity contribution >= 4 is 16.9 Å². The molecule has 1 amide bonds. The van der Waals surface area contributed by atoms with Gasteiger partial charge in [-0.1, -0.05) is 75.4 Å². The number of phenols is 1. The Labute approximate surface area is 197 Å². The third-order valence-corrected chi connectivity index (χ3v) is 5.52. The Morgan fingerprint density at radius 1 is 1.00 bits per heavy atom. The number of carbonyl (C=O) groups excluding carboxylic acids is 1. The van der Waals surface area contributed by atoms with Crippen LogP contribution in [-0.2, 0) is 16.8 Å². The average Bonchev–Trinajstić information content (AvgIpc) is 2.81. The van der Waals surface area contributed by atoms with Crippen molar-refractivity contribution in [1.82, 2.24) is 5.32 Å². The summed E-state index contributed by atoms with van der Waals surface area (Å²) in [5.74, 6) is 0.0343. The zero-order valence-corrected chi connectivity index (χ0v) is 19.4. The van der Waals surface area contributed by atoms with Gasteiger partial charge in [-0.15, -0.1) is 0 Å². The summed E-state index contributed by atoms with van der Waals surface area (Å²) in [5.41, 5.74) is 2.84. The third kappa shape index (κ3) is 5.29. The molecular formula is C28H27NO5. The summed E-state index contributed by atoms with van der Waals surface area (Å²) in [6, 6.07) is 21.5. The highest BCUT2D eigenvalue weighted by Crippen LogP contribution is 2.31. The van der Waals surface area contributed by atoms with Crippen LogP contribution in [-0.4, -0.2) is 17.6 Å². The molecule has 0 saturated carbocycles. The number of benzene rings is 3. The van der Waals surface area contributed by atoms with Crippen LogP contribution in [0.25, 0.3) is 22.3 Å². The maximum Gasteiger partial charge on any atom is 0.258 e. The molecule has 0 fully saturated rings. The first kappa shape index (κ1) is 23.1. The minimum atomic E-state index is -0.362. The van der Waals surface area contributed by atoms with E-state index >= 15 is 0 Å². The second-order valence-electron chi connectivity index (χ2n) is 9.17. The van der Waals surface area contributed by atoms with Crippen LogP contribution in [0.1, 0.15) is 31.9 Å². The fourth-order valence-electron chi connectivity index (χ4n) is 3.59. The molecule has 34 heavy (non-hydrogen) atoms. The lowest BCUT2D eigenvalue weighted by Crippen LogP contribution is -2.28. The van der Waals surface area contributed by atoms with E-state index in [0.717, 1.165) is 11.1 Å². The number of aromatic hydroxyl groups is 1. The zero-order valence-electron chi connectivity index (χ0n) is 19.4. The first-order valence-corrected chi connectivity index (χ1v) is 11.1. The number of fused-ring (bicyclic) bond motifs is 1. The fraction of sp³-hybridized carbons (Fsp3) is 0.214. The lowest BCUT2D eigenvalue weighted by atomic mass is 9.87. The van der Waals surface area contributed by atoms with Crippen LogP contribution < -0.4 is 15.5 Å². The van der Waals surface area contributed by atoms with Crippen molar-refractivity contribution in [3.63, 3.8) is 0 Å². The van der Waals surface area contributed by atoms with Gasteiger partial charge in [0.2, 0.25) is 0 Å². The van der Waals surface area contributed by atoms with E-state index in [2.05, 4.69) is 38.2 Å². The van der Waals surface area contributed by atoms with Crippen LogP contribution in [0, 0.1) is 0 Å². The molecule has 6 heteroatoms. The number of hydrogen-bond acceptors (Lipinski definition) is 5. The van der Waals surface area contributed by atoms with Crippen LogP contribution >= 0.6 is 0 Å². The quantitative estimate of drug-likeness (QED) is 0.418. The summed E-state index contributed by atoms with van der Waals surface area (Å²) < 4.78 is 11.4. The van der Waals surface area contributed by atoms with Crippen LogP contribution in [0.4, 0.5) is 0 Å². The predicted octanol–water partition coefficient (Wildman–Crippen LogP) is 5.16. The fourth-order valence-corrected chi connectivity index (χ4v) is 3.59. The summed E-state index contributed by atoms with van der Waals surface area (Å²) in [4.78, 5) is 24.8. The number of nitrogens with one attached hydrogen (secondary N) is 1. The molecular weight excluding hydrogens is 430 g/mol. The first-order chi connectivity index (χ1) is 16.2. The van der Waals surface area contributed by atoms with Gasteiger partial charge in [0.25, 0.3) is 5.91 Å². The number of hydrogen-bond donors (Lipinski definition) is 2. The summed E-state index contributed by atoms with van der Waals surface area (Å²) in [6.07, 6.45) is 0. The molecule has 174 valence electrons. The highest BCUT2D eigenvalue weighted by molar-refractivity contribution is 5.86. The lowest BCUT2D eigenvalue weighted by molar-refractivity contribution is -0.123. The SMILES string of the molecule is CC(C)(C)c1ccc(CNC(=O)COc2cc(O)c3c(=O)cc(-c4ccccc4)oc3c2)cc1. The second-order valence-corrected chi connectivity index (χ2v) is 9.17.